The first-order valence-corrected chi connectivity index (χ1v) is 8.89. The smallest absolute Gasteiger partial charge is 0.180 e. The first-order valence-electron chi connectivity index (χ1n) is 8.89. The van der Waals surface area contributed by atoms with Gasteiger partial charge in [-0.15, -0.1) is 0 Å². The van der Waals surface area contributed by atoms with Crippen LogP contribution in [-0.2, 0) is 12.8 Å². The van der Waals surface area contributed by atoms with Crippen molar-refractivity contribution in [2.75, 3.05) is 18.0 Å². The van der Waals surface area contributed by atoms with Gasteiger partial charge in [-0.2, -0.15) is 0 Å². The van der Waals surface area contributed by atoms with Crippen LogP contribution in [0, 0.1) is 6.92 Å². The highest BCUT2D eigenvalue weighted by atomic mass is 15.2. The van der Waals surface area contributed by atoms with Crippen molar-refractivity contribution in [1.29, 1.82) is 0 Å². The first kappa shape index (κ1) is 14.6. The number of rotatable bonds is 2. The SMILES string of the molecule is Cc1ccnc(-c2nc3c(c(N4CCCCCC4)n2)CCC3)c1. The lowest BCUT2D eigenvalue weighted by molar-refractivity contribution is 0.726. The van der Waals surface area contributed by atoms with Gasteiger partial charge in [0.2, 0.25) is 0 Å². The molecule has 23 heavy (non-hydrogen) atoms. The van der Waals surface area contributed by atoms with Crippen molar-refractivity contribution in [1.82, 2.24) is 15.0 Å². The van der Waals surface area contributed by atoms with E-state index in [4.69, 9.17) is 9.97 Å². The van der Waals surface area contributed by atoms with Gasteiger partial charge in [0, 0.05) is 30.5 Å². The van der Waals surface area contributed by atoms with Crippen molar-refractivity contribution < 1.29 is 0 Å². The zero-order chi connectivity index (χ0) is 15.6. The van der Waals surface area contributed by atoms with Crippen LogP contribution < -0.4 is 4.90 Å². The largest absolute Gasteiger partial charge is 0.356 e. The molecule has 0 spiro atoms. The van der Waals surface area contributed by atoms with Crippen molar-refractivity contribution in [3.05, 3.63) is 35.2 Å². The van der Waals surface area contributed by atoms with Crippen LogP contribution in [-0.4, -0.2) is 28.0 Å². The summed E-state index contributed by atoms with van der Waals surface area (Å²) in [5.74, 6) is 1.99. The van der Waals surface area contributed by atoms with E-state index in [9.17, 15) is 0 Å². The zero-order valence-corrected chi connectivity index (χ0v) is 13.9. The molecule has 3 heterocycles. The molecule has 2 aromatic rings. The molecular formula is C19H24N4. The average molecular weight is 308 g/mol. The molecule has 0 amide bonds. The van der Waals surface area contributed by atoms with Gasteiger partial charge in [-0.25, -0.2) is 9.97 Å². The minimum atomic E-state index is 0.800. The van der Waals surface area contributed by atoms with Crippen molar-refractivity contribution in [2.45, 2.75) is 51.9 Å². The number of nitrogens with zero attached hydrogens (tertiary/aromatic N) is 4. The van der Waals surface area contributed by atoms with E-state index in [-0.39, 0.29) is 0 Å². The highest BCUT2D eigenvalue weighted by Gasteiger charge is 2.24. The second-order valence-electron chi connectivity index (χ2n) is 6.77. The molecule has 120 valence electrons. The van der Waals surface area contributed by atoms with E-state index in [0.29, 0.717) is 0 Å². The van der Waals surface area contributed by atoms with Crippen LogP contribution >= 0.6 is 0 Å². The summed E-state index contributed by atoms with van der Waals surface area (Å²) in [6.07, 6.45) is 10.5. The van der Waals surface area contributed by atoms with Gasteiger partial charge in [0.1, 0.15) is 11.5 Å². The minimum Gasteiger partial charge on any atom is -0.356 e. The monoisotopic (exact) mass is 308 g/mol. The Balaban J connectivity index is 1.78. The number of pyridine rings is 1. The molecule has 0 bridgehead atoms. The number of aromatic nitrogens is 3. The lowest BCUT2D eigenvalue weighted by atomic mass is 10.2. The molecule has 4 nitrogen and oxygen atoms in total. The van der Waals surface area contributed by atoms with E-state index in [1.807, 2.05) is 12.3 Å². The molecule has 4 rings (SSSR count). The molecule has 1 aliphatic heterocycles. The summed E-state index contributed by atoms with van der Waals surface area (Å²) in [6, 6.07) is 4.11. The Morgan fingerprint density at radius 3 is 2.57 bits per heavy atom. The fourth-order valence-corrected chi connectivity index (χ4v) is 3.73. The molecule has 0 atom stereocenters. The number of hydrogen-bond acceptors (Lipinski definition) is 4. The highest BCUT2D eigenvalue weighted by molar-refractivity contribution is 5.59. The minimum absolute atomic E-state index is 0.800. The molecular weight excluding hydrogens is 284 g/mol. The highest BCUT2D eigenvalue weighted by Crippen LogP contribution is 2.32. The van der Waals surface area contributed by atoms with Crippen LogP contribution in [0.2, 0.25) is 0 Å². The quantitative estimate of drug-likeness (QED) is 0.848. The van der Waals surface area contributed by atoms with Crippen LogP contribution in [0.4, 0.5) is 5.82 Å². The maximum absolute atomic E-state index is 4.97. The van der Waals surface area contributed by atoms with E-state index in [1.165, 1.54) is 54.7 Å². The zero-order valence-electron chi connectivity index (χ0n) is 13.9. The first-order chi connectivity index (χ1) is 11.3. The van der Waals surface area contributed by atoms with Crippen LogP contribution in [0.3, 0.4) is 0 Å². The van der Waals surface area contributed by atoms with Crippen LogP contribution in [0.15, 0.2) is 18.3 Å². The molecule has 1 fully saturated rings. The van der Waals surface area contributed by atoms with Crippen LogP contribution in [0.5, 0.6) is 0 Å². The third-order valence-electron chi connectivity index (χ3n) is 4.96. The summed E-state index contributed by atoms with van der Waals surface area (Å²) in [5.41, 5.74) is 4.74. The number of aryl methyl sites for hydroxylation is 2. The van der Waals surface area contributed by atoms with Gasteiger partial charge in [0.15, 0.2) is 5.82 Å². The average Bonchev–Trinajstić information content (AvgIpc) is 2.87. The molecule has 0 saturated carbocycles. The van der Waals surface area contributed by atoms with Gasteiger partial charge in [-0.3, -0.25) is 4.98 Å². The Hall–Kier alpha value is -1.97. The molecule has 0 radical (unpaired) electrons. The van der Waals surface area contributed by atoms with E-state index in [0.717, 1.165) is 37.4 Å². The molecule has 4 heteroatoms. The normalized spacial score (nSPS) is 17.9. The van der Waals surface area contributed by atoms with Gasteiger partial charge in [-0.1, -0.05) is 12.8 Å². The van der Waals surface area contributed by atoms with Gasteiger partial charge in [0.05, 0.1) is 0 Å². The third kappa shape index (κ3) is 2.94. The van der Waals surface area contributed by atoms with Crippen molar-refractivity contribution in [3.63, 3.8) is 0 Å². The predicted molar refractivity (Wildman–Crippen MR) is 92.7 cm³/mol. The molecule has 0 aromatic carbocycles. The summed E-state index contributed by atoms with van der Waals surface area (Å²) in [5, 5.41) is 0. The molecule has 1 aliphatic carbocycles. The van der Waals surface area contributed by atoms with Crippen LogP contribution in [0.1, 0.15) is 48.9 Å². The summed E-state index contributed by atoms with van der Waals surface area (Å²) < 4.78 is 0. The Morgan fingerprint density at radius 2 is 1.78 bits per heavy atom. The van der Waals surface area contributed by atoms with Crippen molar-refractivity contribution in [2.24, 2.45) is 0 Å². The Bertz CT molecular complexity index is 703. The molecule has 0 N–H and O–H groups in total. The summed E-state index contributed by atoms with van der Waals surface area (Å²) >= 11 is 0. The lowest BCUT2D eigenvalue weighted by Crippen LogP contribution is -2.26. The second kappa shape index (κ2) is 6.26. The van der Waals surface area contributed by atoms with E-state index >= 15 is 0 Å². The van der Waals surface area contributed by atoms with Gasteiger partial charge in [-0.05, 0) is 56.7 Å². The summed E-state index contributed by atoms with van der Waals surface area (Å²) in [6.45, 7) is 4.35. The lowest BCUT2D eigenvalue weighted by Gasteiger charge is -2.24. The Labute approximate surface area is 138 Å². The fourth-order valence-electron chi connectivity index (χ4n) is 3.73. The van der Waals surface area contributed by atoms with Crippen LogP contribution in [0.25, 0.3) is 11.5 Å². The van der Waals surface area contributed by atoms with Gasteiger partial charge >= 0.3 is 0 Å². The summed E-state index contributed by atoms with van der Waals surface area (Å²) in [7, 11) is 0. The van der Waals surface area contributed by atoms with Crippen molar-refractivity contribution >= 4 is 5.82 Å². The third-order valence-corrected chi connectivity index (χ3v) is 4.96. The molecule has 0 unspecified atom stereocenters. The maximum Gasteiger partial charge on any atom is 0.180 e. The summed E-state index contributed by atoms with van der Waals surface area (Å²) in [4.78, 5) is 16.8. The number of hydrogen-bond donors (Lipinski definition) is 0. The molecule has 2 aliphatic rings. The predicted octanol–water partition coefficient (Wildman–Crippen LogP) is 3.72. The second-order valence-corrected chi connectivity index (χ2v) is 6.77. The van der Waals surface area contributed by atoms with Gasteiger partial charge in [0.25, 0.3) is 0 Å². The van der Waals surface area contributed by atoms with E-state index < -0.39 is 0 Å². The topological polar surface area (TPSA) is 41.9 Å². The maximum atomic E-state index is 4.97. The Morgan fingerprint density at radius 1 is 0.957 bits per heavy atom. The van der Waals surface area contributed by atoms with Gasteiger partial charge < -0.3 is 4.90 Å². The standard InChI is InChI=1S/C19H24N4/c1-14-9-10-20-17(13-14)18-21-16-8-6-7-15(16)19(22-18)23-11-4-2-3-5-12-23/h9-10,13H,2-8,11-12H2,1H3. The Kier molecular flexibility index (Phi) is 3.98. The number of anilines is 1. The molecule has 2 aromatic heterocycles. The number of fused-ring (bicyclic) bond motifs is 1. The molecule has 1 saturated heterocycles. The van der Waals surface area contributed by atoms with Crippen molar-refractivity contribution in [3.8, 4) is 11.5 Å². The van der Waals surface area contributed by atoms with E-state index in [1.54, 1.807) is 0 Å². The van der Waals surface area contributed by atoms with E-state index in [2.05, 4.69) is 22.9 Å². The fraction of sp³-hybridized carbons (Fsp3) is 0.526.